The van der Waals surface area contributed by atoms with E-state index in [-0.39, 0.29) is 11.3 Å². The summed E-state index contributed by atoms with van der Waals surface area (Å²) in [6.45, 7) is 5.07. The van der Waals surface area contributed by atoms with Crippen LogP contribution in [0.1, 0.15) is 37.0 Å². The van der Waals surface area contributed by atoms with Crippen molar-refractivity contribution < 1.29 is 4.79 Å². The number of rotatable bonds is 7. The highest BCUT2D eigenvalue weighted by atomic mass is 79.9. The normalized spacial score (nSPS) is 11.2. The largest absolute Gasteiger partial charge is 0.378 e. The van der Waals surface area contributed by atoms with Crippen molar-refractivity contribution in [3.63, 3.8) is 0 Å². The van der Waals surface area contributed by atoms with Crippen LogP contribution in [0.5, 0.6) is 0 Å². The Labute approximate surface area is 130 Å². The molecule has 1 aromatic rings. The Morgan fingerprint density at radius 1 is 1.25 bits per heavy atom. The molecule has 0 fully saturated rings. The Bertz CT molecular complexity index is 427. The van der Waals surface area contributed by atoms with Crippen molar-refractivity contribution in [2.24, 2.45) is 5.41 Å². The number of amides is 1. The van der Waals surface area contributed by atoms with Crippen LogP contribution >= 0.6 is 15.9 Å². The molecule has 0 unspecified atom stereocenters. The van der Waals surface area contributed by atoms with Gasteiger partial charge in [0.1, 0.15) is 0 Å². The summed E-state index contributed by atoms with van der Waals surface area (Å²) in [5.74, 6) is 0.00206. The van der Waals surface area contributed by atoms with Gasteiger partial charge in [-0.25, -0.2) is 0 Å². The van der Waals surface area contributed by atoms with Gasteiger partial charge >= 0.3 is 0 Å². The highest BCUT2D eigenvalue weighted by Gasteiger charge is 2.18. The van der Waals surface area contributed by atoms with E-state index in [2.05, 4.69) is 35.1 Å². The summed E-state index contributed by atoms with van der Waals surface area (Å²) in [6.07, 6.45) is 2.22. The molecule has 4 heteroatoms. The third-order valence-electron chi connectivity index (χ3n) is 3.36. The van der Waals surface area contributed by atoms with E-state index in [1.54, 1.807) is 0 Å². The number of hydrogen-bond donors (Lipinski definition) is 1. The number of alkyl halides is 1. The van der Waals surface area contributed by atoms with Crippen LogP contribution in [0.3, 0.4) is 0 Å². The first-order valence-electron chi connectivity index (χ1n) is 6.97. The molecule has 1 N–H and O–H groups in total. The maximum absolute atomic E-state index is 12.1. The smallest absolute Gasteiger partial charge is 0.251 e. The van der Waals surface area contributed by atoms with Crippen molar-refractivity contribution in [2.75, 3.05) is 30.9 Å². The molecule has 0 aromatic heterocycles. The van der Waals surface area contributed by atoms with Gasteiger partial charge in [-0.1, -0.05) is 29.8 Å². The summed E-state index contributed by atoms with van der Waals surface area (Å²) in [7, 11) is 3.98. The van der Waals surface area contributed by atoms with Crippen molar-refractivity contribution in [3.8, 4) is 0 Å². The lowest BCUT2D eigenvalue weighted by Crippen LogP contribution is -2.34. The van der Waals surface area contributed by atoms with Gasteiger partial charge in [-0.3, -0.25) is 4.79 Å². The van der Waals surface area contributed by atoms with E-state index in [9.17, 15) is 4.79 Å². The van der Waals surface area contributed by atoms with Gasteiger partial charge in [0, 0.05) is 37.2 Å². The zero-order valence-electron chi connectivity index (χ0n) is 12.9. The van der Waals surface area contributed by atoms with Gasteiger partial charge in [-0.05, 0) is 42.5 Å². The van der Waals surface area contributed by atoms with Crippen LogP contribution in [-0.2, 0) is 0 Å². The molecule has 0 aliphatic heterocycles. The molecule has 0 atom stereocenters. The first kappa shape index (κ1) is 17.0. The first-order valence-corrected chi connectivity index (χ1v) is 8.09. The molecule has 0 aliphatic rings. The maximum atomic E-state index is 12.1. The zero-order chi connectivity index (χ0) is 15.2. The van der Waals surface area contributed by atoms with Crippen LogP contribution in [0.15, 0.2) is 24.3 Å². The number of halogens is 1. The summed E-state index contributed by atoms with van der Waals surface area (Å²) < 4.78 is 0. The quantitative estimate of drug-likeness (QED) is 0.768. The minimum Gasteiger partial charge on any atom is -0.378 e. The van der Waals surface area contributed by atoms with Gasteiger partial charge in [0.2, 0.25) is 0 Å². The summed E-state index contributed by atoms with van der Waals surface area (Å²) in [5, 5.41) is 4.04. The van der Waals surface area contributed by atoms with Crippen molar-refractivity contribution >= 4 is 27.5 Å². The summed E-state index contributed by atoms with van der Waals surface area (Å²) in [6, 6.07) is 7.67. The van der Waals surface area contributed by atoms with Crippen LogP contribution < -0.4 is 10.2 Å². The molecule has 1 aromatic carbocycles. The molecule has 20 heavy (non-hydrogen) atoms. The molecule has 0 bridgehead atoms. The van der Waals surface area contributed by atoms with Gasteiger partial charge in [0.15, 0.2) is 0 Å². The SMILES string of the molecule is CN(C)c1ccc(C(=O)NCC(C)(C)CCCBr)cc1. The number of anilines is 1. The number of hydrogen-bond acceptors (Lipinski definition) is 2. The second-order valence-electron chi connectivity index (χ2n) is 6.08. The van der Waals surface area contributed by atoms with Crippen molar-refractivity contribution in [1.82, 2.24) is 5.32 Å². The predicted octanol–water partition coefficient (Wildman–Crippen LogP) is 3.68. The molecule has 0 radical (unpaired) electrons. The number of nitrogens with one attached hydrogen (secondary N) is 1. The molecule has 112 valence electrons. The van der Waals surface area contributed by atoms with Crippen molar-refractivity contribution in [2.45, 2.75) is 26.7 Å². The van der Waals surface area contributed by atoms with Gasteiger partial charge < -0.3 is 10.2 Å². The third kappa shape index (κ3) is 5.53. The lowest BCUT2D eigenvalue weighted by atomic mass is 9.88. The molecule has 0 saturated heterocycles. The fraction of sp³-hybridized carbons (Fsp3) is 0.562. The van der Waals surface area contributed by atoms with Gasteiger partial charge in [-0.2, -0.15) is 0 Å². The fourth-order valence-corrected chi connectivity index (χ4v) is 2.25. The Morgan fingerprint density at radius 2 is 1.85 bits per heavy atom. The van der Waals surface area contributed by atoms with E-state index in [4.69, 9.17) is 0 Å². The Hall–Kier alpha value is -1.03. The minimum absolute atomic E-state index is 0.00206. The molecule has 0 heterocycles. The lowest BCUT2D eigenvalue weighted by Gasteiger charge is -2.24. The summed E-state index contributed by atoms with van der Waals surface area (Å²) in [5.41, 5.74) is 1.94. The first-order chi connectivity index (χ1) is 9.35. The van der Waals surface area contributed by atoms with Crippen LogP contribution in [-0.4, -0.2) is 31.9 Å². The highest BCUT2D eigenvalue weighted by Crippen LogP contribution is 2.22. The number of benzene rings is 1. The fourth-order valence-electron chi connectivity index (χ4n) is 1.97. The maximum Gasteiger partial charge on any atom is 0.251 e. The monoisotopic (exact) mass is 340 g/mol. The van der Waals surface area contributed by atoms with Gasteiger partial charge in [-0.15, -0.1) is 0 Å². The molecule has 3 nitrogen and oxygen atoms in total. The van der Waals surface area contributed by atoms with E-state index < -0.39 is 0 Å². The van der Waals surface area contributed by atoms with Crippen LogP contribution in [0, 0.1) is 5.41 Å². The Morgan fingerprint density at radius 3 is 2.35 bits per heavy atom. The van der Waals surface area contributed by atoms with Crippen LogP contribution in [0.2, 0.25) is 0 Å². The Balaban J connectivity index is 2.54. The lowest BCUT2D eigenvalue weighted by molar-refractivity contribution is 0.0934. The van der Waals surface area contributed by atoms with Gasteiger partial charge in [0.05, 0.1) is 0 Å². The topological polar surface area (TPSA) is 32.3 Å². The average Bonchev–Trinajstić information content (AvgIpc) is 2.43. The predicted molar refractivity (Wildman–Crippen MR) is 89.9 cm³/mol. The van der Waals surface area contributed by atoms with Crippen molar-refractivity contribution in [3.05, 3.63) is 29.8 Å². The molecule has 0 saturated carbocycles. The molecule has 1 rings (SSSR count). The van der Waals surface area contributed by atoms with E-state index in [1.807, 2.05) is 43.3 Å². The number of carbonyl (C=O) groups excluding carboxylic acids is 1. The average molecular weight is 341 g/mol. The number of nitrogens with zero attached hydrogens (tertiary/aromatic N) is 1. The number of carbonyl (C=O) groups is 1. The van der Waals surface area contributed by atoms with Crippen LogP contribution in [0.25, 0.3) is 0 Å². The second kappa shape index (κ2) is 7.67. The third-order valence-corrected chi connectivity index (χ3v) is 3.92. The minimum atomic E-state index is 0.00206. The molecule has 1 amide bonds. The highest BCUT2D eigenvalue weighted by molar-refractivity contribution is 9.09. The summed E-state index contributed by atoms with van der Waals surface area (Å²) in [4.78, 5) is 14.1. The Kier molecular flexibility index (Phi) is 6.53. The van der Waals surface area contributed by atoms with Crippen molar-refractivity contribution in [1.29, 1.82) is 0 Å². The standard InChI is InChI=1S/C16H25BrN2O/c1-16(2,10-5-11-17)12-18-15(20)13-6-8-14(9-7-13)19(3)4/h6-9H,5,10-12H2,1-4H3,(H,18,20). The van der Waals surface area contributed by atoms with E-state index in [1.165, 1.54) is 0 Å². The molecular formula is C16H25BrN2O. The van der Waals surface area contributed by atoms with Gasteiger partial charge in [0.25, 0.3) is 5.91 Å². The molecule has 0 spiro atoms. The van der Waals surface area contributed by atoms with E-state index >= 15 is 0 Å². The van der Waals surface area contributed by atoms with Crippen LogP contribution in [0.4, 0.5) is 5.69 Å². The zero-order valence-corrected chi connectivity index (χ0v) is 14.5. The summed E-state index contributed by atoms with van der Waals surface area (Å²) >= 11 is 3.45. The second-order valence-corrected chi connectivity index (χ2v) is 6.87. The molecular weight excluding hydrogens is 316 g/mol. The molecule has 0 aliphatic carbocycles. The van der Waals surface area contributed by atoms with E-state index in [0.29, 0.717) is 12.1 Å². The van der Waals surface area contributed by atoms with E-state index in [0.717, 1.165) is 23.9 Å².